The molecule has 1 saturated heterocycles. The maximum Gasteiger partial charge on any atom is 0.125 e. The Bertz CT molecular complexity index is 423. The maximum atomic E-state index is 10.2. The molecule has 1 saturated carbocycles. The second kappa shape index (κ2) is 5.73. The van der Waals surface area contributed by atoms with E-state index in [0.29, 0.717) is 11.8 Å². The lowest BCUT2D eigenvalue weighted by atomic mass is 9.78. The number of ether oxygens (including phenoxy) is 1. The van der Waals surface area contributed by atoms with Gasteiger partial charge in [-0.2, -0.15) is 0 Å². The smallest absolute Gasteiger partial charge is 0.125 e. The second-order valence-electron chi connectivity index (χ2n) is 5.55. The van der Waals surface area contributed by atoms with Gasteiger partial charge in [-0.05, 0) is 68.3 Å². The van der Waals surface area contributed by atoms with E-state index >= 15 is 0 Å². The first kappa shape index (κ1) is 13.3. The lowest BCUT2D eigenvalue weighted by molar-refractivity contribution is -0.0231. The fraction of sp³-hybridized carbons (Fsp3) is 0.600. The summed E-state index contributed by atoms with van der Waals surface area (Å²) in [6.45, 7) is 2.12. The van der Waals surface area contributed by atoms with Crippen LogP contribution in [-0.2, 0) is 0 Å². The molecule has 4 heteroatoms. The zero-order chi connectivity index (χ0) is 13.2. The minimum atomic E-state index is -0.332. The van der Waals surface area contributed by atoms with E-state index in [1.165, 1.54) is 4.90 Å². The van der Waals surface area contributed by atoms with E-state index < -0.39 is 0 Å². The number of aliphatic hydroxyl groups excluding tert-OH is 1. The molecular formula is C15H21NO2S. The van der Waals surface area contributed by atoms with Gasteiger partial charge in [0.25, 0.3) is 0 Å². The van der Waals surface area contributed by atoms with Crippen LogP contribution in [0.25, 0.3) is 0 Å². The second-order valence-corrected chi connectivity index (χ2v) is 6.43. The highest BCUT2D eigenvalue weighted by molar-refractivity contribution is 7.98. The molecule has 0 amide bonds. The first-order valence-corrected chi connectivity index (χ1v) is 8.18. The van der Waals surface area contributed by atoms with Gasteiger partial charge in [0.15, 0.2) is 0 Å². The Kier molecular flexibility index (Phi) is 4.01. The molecule has 3 rings (SSSR count). The summed E-state index contributed by atoms with van der Waals surface area (Å²) in [6, 6.07) is 8.12. The normalized spacial score (nSPS) is 34.0. The Morgan fingerprint density at radius 3 is 2.53 bits per heavy atom. The summed E-state index contributed by atoms with van der Waals surface area (Å²) in [6.07, 6.45) is 3.50. The van der Waals surface area contributed by atoms with Gasteiger partial charge < -0.3 is 15.2 Å². The molecule has 2 fully saturated rings. The summed E-state index contributed by atoms with van der Waals surface area (Å²) in [5.41, 5.74) is 0. The number of nitrogens with one attached hydrogen (secondary N) is 1. The SMILES string of the molecule is CSc1ccc(O[C@@H]2C[C@@H]3CNC[C@@H]3C[C@H]2O)cc1. The standard InChI is InChI=1S/C15H21NO2S/c1-19-13-4-2-12(3-5-13)18-15-7-11-9-16-8-10(11)6-14(15)17/h2-5,10-11,14-17H,6-9H2,1H3/t10-,11+,14+,15+/m0/s1. The topological polar surface area (TPSA) is 41.5 Å². The van der Waals surface area contributed by atoms with Crippen molar-refractivity contribution in [3.63, 3.8) is 0 Å². The van der Waals surface area contributed by atoms with Crippen LogP contribution in [-0.4, -0.2) is 36.7 Å². The fourth-order valence-corrected chi connectivity index (χ4v) is 3.62. The van der Waals surface area contributed by atoms with Crippen LogP contribution in [0.1, 0.15) is 12.8 Å². The van der Waals surface area contributed by atoms with Crippen LogP contribution in [0.3, 0.4) is 0 Å². The van der Waals surface area contributed by atoms with Crippen LogP contribution in [0.15, 0.2) is 29.2 Å². The number of fused-ring (bicyclic) bond motifs is 1. The van der Waals surface area contributed by atoms with Crippen molar-refractivity contribution in [2.24, 2.45) is 11.8 Å². The summed E-state index contributed by atoms with van der Waals surface area (Å²) in [5, 5.41) is 13.6. The van der Waals surface area contributed by atoms with Crippen molar-refractivity contribution < 1.29 is 9.84 Å². The Balaban J connectivity index is 1.64. The van der Waals surface area contributed by atoms with E-state index in [4.69, 9.17) is 4.74 Å². The minimum Gasteiger partial charge on any atom is -0.488 e. The van der Waals surface area contributed by atoms with Gasteiger partial charge in [0.05, 0.1) is 6.10 Å². The highest BCUT2D eigenvalue weighted by Gasteiger charge is 2.39. The molecule has 1 aliphatic heterocycles. The van der Waals surface area contributed by atoms with Gasteiger partial charge >= 0.3 is 0 Å². The lowest BCUT2D eigenvalue weighted by Gasteiger charge is -2.35. The molecule has 0 unspecified atom stereocenters. The molecule has 1 heterocycles. The van der Waals surface area contributed by atoms with Gasteiger partial charge in [0.2, 0.25) is 0 Å². The molecule has 19 heavy (non-hydrogen) atoms. The van der Waals surface area contributed by atoms with Crippen molar-refractivity contribution in [3.05, 3.63) is 24.3 Å². The first-order valence-electron chi connectivity index (χ1n) is 6.96. The summed E-state index contributed by atoms with van der Waals surface area (Å²) >= 11 is 1.72. The van der Waals surface area contributed by atoms with Crippen LogP contribution in [0.2, 0.25) is 0 Å². The predicted molar refractivity (Wildman–Crippen MR) is 77.7 cm³/mol. The van der Waals surface area contributed by atoms with Gasteiger partial charge in [0, 0.05) is 4.90 Å². The Labute approximate surface area is 118 Å². The van der Waals surface area contributed by atoms with Crippen LogP contribution >= 0.6 is 11.8 Å². The third-order valence-corrected chi connectivity index (χ3v) is 5.08. The third-order valence-electron chi connectivity index (χ3n) is 4.34. The van der Waals surface area contributed by atoms with Gasteiger partial charge in [-0.3, -0.25) is 0 Å². The summed E-state index contributed by atoms with van der Waals surface area (Å²) in [5.74, 6) is 2.17. The monoisotopic (exact) mass is 279 g/mol. The number of thioether (sulfide) groups is 1. The molecule has 0 radical (unpaired) electrons. The van der Waals surface area contributed by atoms with E-state index in [0.717, 1.165) is 31.7 Å². The lowest BCUT2D eigenvalue weighted by Crippen LogP contribution is -2.42. The van der Waals surface area contributed by atoms with E-state index in [2.05, 4.69) is 23.7 Å². The van der Waals surface area contributed by atoms with Crippen LogP contribution in [0.5, 0.6) is 5.75 Å². The zero-order valence-corrected chi connectivity index (χ0v) is 12.0. The number of benzene rings is 1. The van der Waals surface area contributed by atoms with Crippen LogP contribution in [0.4, 0.5) is 0 Å². The number of hydrogen-bond acceptors (Lipinski definition) is 4. The van der Waals surface area contributed by atoms with Crippen molar-refractivity contribution in [1.82, 2.24) is 5.32 Å². The molecule has 104 valence electrons. The fourth-order valence-electron chi connectivity index (χ4n) is 3.21. The van der Waals surface area contributed by atoms with Gasteiger partial charge in [0.1, 0.15) is 11.9 Å². The average molecular weight is 279 g/mol. The third kappa shape index (κ3) is 2.91. The average Bonchev–Trinajstić information content (AvgIpc) is 2.87. The molecule has 1 aromatic carbocycles. The van der Waals surface area contributed by atoms with Crippen molar-refractivity contribution in [2.45, 2.75) is 29.9 Å². The highest BCUT2D eigenvalue weighted by Crippen LogP contribution is 2.35. The zero-order valence-electron chi connectivity index (χ0n) is 11.2. The summed E-state index contributed by atoms with van der Waals surface area (Å²) in [4.78, 5) is 1.23. The van der Waals surface area contributed by atoms with Gasteiger partial charge in [-0.15, -0.1) is 11.8 Å². The first-order chi connectivity index (χ1) is 9.26. The van der Waals surface area contributed by atoms with Gasteiger partial charge in [-0.25, -0.2) is 0 Å². The summed E-state index contributed by atoms with van der Waals surface area (Å²) in [7, 11) is 0. The molecule has 2 N–H and O–H groups in total. The van der Waals surface area contributed by atoms with E-state index in [1.807, 2.05) is 12.1 Å². The van der Waals surface area contributed by atoms with E-state index in [1.54, 1.807) is 11.8 Å². The molecule has 1 aliphatic carbocycles. The number of rotatable bonds is 3. The van der Waals surface area contributed by atoms with Crippen molar-refractivity contribution in [2.75, 3.05) is 19.3 Å². The molecule has 2 aliphatic rings. The van der Waals surface area contributed by atoms with Crippen molar-refractivity contribution >= 4 is 11.8 Å². The summed E-state index contributed by atoms with van der Waals surface area (Å²) < 4.78 is 5.99. The highest BCUT2D eigenvalue weighted by atomic mass is 32.2. The van der Waals surface area contributed by atoms with Crippen molar-refractivity contribution in [1.29, 1.82) is 0 Å². The number of aliphatic hydroxyl groups is 1. The predicted octanol–water partition coefficient (Wildman–Crippen LogP) is 2.15. The Morgan fingerprint density at radius 2 is 1.84 bits per heavy atom. The van der Waals surface area contributed by atoms with E-state index in [-0.39, 0.29) is 12.2 Å². The van der Waals surface area contributed by atoms with Crippen LogP contribution < -0.4 is 10.1 Å². The van der Waals surface area contributed by atoms with E-state index in [9.17, 15) is 5.11 Å². The molecule has 0 bridgehead atoms. The van der Waals surface area contributed by atoms with Crippen molar-refractivity contribution in [3.8, 4) is 5.75 Å². The molecular weight excluding hydrogens is 258 g/mol. The largest absolute Gasteiger partial charge is 0.488 e. The Morgan fingerprint density at radius 1 is 1.16 bits per heavy atom. The Hall–Kier alpha value is -0.710. The minimum absolute atomic E-state index is 0.0544. The maximum absolute atomic E-state index is 10.2. The molecule has 1 aromatic rings. The van der Waals surface area contributed by atoms with Gasteiger partial charge in [-0.1, -0.05) is 0 Å². The van der Waals surface area contributed by atoms with Crippen LogP contribution in [0, 0.1) is 11.8 Å². The molecule has 4 atom stereocenters. The molecule has 3 nitrogen and oxygen atoms in total. The molecule has 0 aromatic heterocycles. The molecule has 0 spiro atoms. The number of hydrogen-bond donors (Lipinski definition) is 2. The quantitative estimate of drug-likeness (QED) is 0.832.